The van der Waals surface area contributed by atoms with Gasteiger partial charge in [-0.15, -0.1) is 0 Å². The lowest BCUT2D eigenvalue weighted by Crippen LogP contribution is -2.36. The highest BCUT2D eigenvalue weighted by molar-refractivity contribution is 4.85. The Bertz CT molecular complexity index is 148. The summed E-state index contributed by atoms with van der Waals surface area (Å²) in [7, 11) is 1.73. The van der Waals surface area contributed by atoms with Crippen molar-refractivity contribution in [1.82, 2.24) is 4.90 Å². The standard InChI is InChI=1S/C11H23NO2/c1-3-4-11(13)9-12(7-8-14-2)10-5-6-10/h10-11,13H,3-9H2,1-2H3. The van der Waals surface area contributed by atoms with Crippen molar-refractivity contribution in [3.63, 3.8) is 0 Å². The summed E-state index contributed by atoms with van der Waals surface area (Å²) in [6.07, 6.45) is 4.41. The molecule has 1 unspecified atom stereocenters. The lowest BCUT2D eigenvalue weighted by molar-refractivity contribution is 0.0796. The highest BCUT2D eigenvalue weighted by atomic mass is 16.5. The number of hydrogen-bond donors (Lipinski definition) is 1. The second-order valence-electron chi connectivity index (χ2n) is 4.16. The molecule has 1 rings (SSSR count). The molecular formula is C11H23NO2. The smallest absolute Gasteiger partial charge is 0.0667 e. The molecule has 14 heavy (non-hydrogen) atoms. The molecule has 84 valence electrons. The van der Waals surface area contributed by atoms with E-state index in [1.807, 2.05) is 0 Å². The van der Waals surface area contributed by atoms with E-state index in [4.69, 9.17) is 4.74 Å². The van der Waals surface area contributed by atoms with Crippen LogP contribution < -0.4 is 0 Å². The molecule has 0 aromatic heterocycles. The zero-order chi connectivity index (χ0) is 10.4. The minimum Gasteiger partial charge on any atom is -0.392 e. The molecule has 0 spiro atoms. The summed E-state index contributed by atoms with van der Waals surface area (Å²) in [5, 5.41) is 9.71. The first kappa shape index (κ1) is 12.0. The van der Waals surface area contributed by atoms with Crippen LogP contribution in [-0.4, -0.2) is 49.0 Å². The molecule has 0 aliphatic heterocycles. The molecule has 1 atom stereocenters. The van der Waals surface area contributed by atoms with Gasteiger partial charge in [0.1, 0.15) is 0 Å². The van der Waals surface area contributed by atoms with Crippen molar-refractivity contribution < 1.29 is 9.84 Å². The molecule has 0 radical (unpaired) electrons. The first-order valence-electron chi connectivity index (χ1n) is 5.69. The Morgan fingerprint density at radius 2 is 2.21 bits per heavy atom. The summed E-state index contributed by atoms with van der Waals surface area (Å²) >= 11 is 0. The number of rotatable bonds is 8. The van der Waals surface area contributed by atoms with Crippen LogP contribution in [0.15, 0.2) is 0 Å². The van der Waals surface area contributed by atoms with Crippen molar-refractivity contribution in [1.29, 1.82) is 0 Å². The first-order chi connectivity index (χ1) is 6.77. The lowest BCUT2D eigenvalue weighted by Gasteiger charge is -2.24. The maximum atomic E-state index is 9.71. The SMILES string of the molecule is CCCC(O)CN(CCOC)C1CC1. The van der Waals surface area contributed by atoms with E-state index in [0.717, 1.165) is 38.6 Å². The van der Waals surface area contributed by atoms with Crippen LogP contribution in [0.5, 0.6) is 0 Å². The van der Waals surface area contributed by atoms with Gasteiger partial charge in [0.2, 0.25) is 0 Å². The zero-order valence-electron chi connectivity index (χ0n) is 9.41. The molecule has 3 heteroatoms. The van der Waals surface area contributed by atoms with Crippen molar-refractivity contribution in [2.75, 3.05) is 26.8 Å². The minimum atomic E-state index is -0.155. The largest absolute Gasteiger partial charge is 0.392 e. The molecule has 1 aliphatic carbocycles. The summed E-state index contributed by atoms with van der Waals surface area (Å²) in [6, 6.07) is 0.719. The maximum Gasteiger partial charge on any atom is 0.0667 e. The van der Waals surface area contributed by atoms with Crippen LogP contribution in [-0.2, 0) is 4.74 Å². The number of hydrogen-bond acceptors (Lipinski definition) is 3. The molecule has 1 saturated carbocycles. The number of ether oxygens (including phenoxy) is 1. The monoisotopic (exact) mass is 201 g/mol. The number of aliphatic hydroxyl groups excluding tert-OH is 1. The fraction of sp³-hybridized carbons (Fsp3) is 1.00. The van der Waals surface area contributed by atoms with Gasteiger partial charge < -0.3 is 9.84 Å². The van der Waals surface area contributed by atoms with E-state index >= 15 is 0 Å². The van der Waals surface area contributed by atoms with Gasteiger partial charge >= 0.3 is 0 Å². The van der Waals surface area contributed by atoms with Crippen molar-refractivity contribution in [2.45, 2.75) is 44.8 Å². The third-order valence-electron chi connectivity index (χ3n) is 2.71. The Balaban J connectivity index is 2.20. The van der Waals surface area contributed by atoms with Crippen molar-refractivity contribution in [3.05, 3.63) is 0 Å². The van der Waals surface area contributed by atoms with E-state index in [0.29, 0.717) is 0 Å². The van der Waals surface area contributed by atoms with Crippen LogP contribution in [0.1, 0.15) is 32.6 Å². The number of methoxy groups -OCH3 is 1. The molecule has 0 aromatic rings. The van der Waals surface area contributed by atoms with E-state index in [-0.39, 0.29) is 6.10 Å². The average Bonchev–Trinajstić information content (AvgIpc) is 2.95. The summed E-state index contributed by atoms with van der Waals surface area (Å²) in [5.74, 6) is 0. The predicted octanol–water partition coefficient (Wildman–Crippen LogP) is 1.26. The van der Waals surface area contributed by atoms with E-state index in [2.05, 4.69) is 11.8 Å². The van der Waals surface area contributed by atoms with Gasteiger partial charge in [-0.3, -0.25) is 4.90 Å². The summed E-state index contributed by atoms with van der Waals surface area (Å²) in [4.78, 5) is 2.36. The van der Waals surface area contributed by atoms with Gasteiger partial charge in [-0.1, -0.05) is 13.3 Å². The van der Waals surface area contributed by atoms with Crippen LogP contribution in [0.4, 0.5) is 0 Å². The van der Waals surface area contributed by atoms with Crippen LogP contribution in [0.25, 0.3) is 0 Å². The van der Waals surface area contributed by atoms with Crippen molar-refractivity contribution in [3.8, 4) is 0 Å². The van der Waals surface area contributed by atoms with E-state index in [1.54, 1.807) is 7.11 Å². The third-order valence-corrected chi connectivity index (χ3v) is 2.71. The van der Waals surface area contributed by atoms with Gasteiger partial charge in [0.15, 0.2) is 0 Å². The molecule has 3 nitrogen and oxygen atoms in total. The summed E-state index contributed by atoms with van der Waals surface area (Å²) in [5.41, 5.74) is 0. The van der Waals surface area contributed by atoms with E-state index in [9.17, 15) is 5.11 Å². The lowest BCUT2D eigenvalue weighted by atomic mass is 10.2. The Morgan fingerprint density at radius 3 is 2.71 bits per heavy atom. The molecule has 0 amide bonds. The second kappa shape index (κ2) is 6.38. The van der Waals surface area contributed by atoms with Gasteiger partial charge in [-0.2, -0.15) is 0 Å². The van der Waals surface area contributed by atoms with Crippen molar-refractivity contribution in [2.24, 2.45) is 0 Å². The Kier molecular flexibility index (Phi) is 5.45. The Labute approximate surface area is 87.1 Å². The highest BCUT2D eigenvalue weighted by Gasteiger charge is 2.29. The maximum absolute atomic E-state index is 9.71. The van der Waals surface area contributed by atoms with E-state index < -0.39 is 0 Å². The molecule has 1 fully saturated rings. The summed E-state index contributed by atoms with van der Waals surface area (Å²) in [6.45, 7) is 4.67. The van der Waals surface area contributed by atoms with Crippen LogP contribution >= 0.6 is 0 Å². The first-order valence-corrected chi connectivity index (χ1v) is 5.69. The fourth-order valence-corrected chi connectivity index (χ4v) is 1.77. The quantitative estimate of drug-likeness (QED) is 0.641. The highest BCUT2D eigenvalue weighted by Crippen LogP contribution is 2.26. The molecule has 1 N–H and O–H groups in total. The topological polar surface area (TPSA) is 32.7 Å². The predicted molar refractivity (Wildman–Crippen MR) is 57.4 cm³/mol. The minimum absolute atomic E-state index is 0.155. The molecule has 1 aliphatic rings. The summed E-state index contributed by atoms with van der Waals surface area (Å²) < 4.78 is 5.07. The zero-order valence-corrected chi connectivity index (χ0v) is 9.41. The average molecular weight is 201 g/mol. The molecular weight excluding hydrogens is 178 g/mol. The van der Waals surface area contributed by atoms with Gasteiger partial charge in [0.05, 0.1) is 12.7 Å². The third kappa shape index (κ3) is 4.40. The molecule has 0 aromatic carbocycles. The van der Waals surface area contributed by atoms with Gasteiger partial charge in [-0.25, -0.2) is 0 Å². The number of nitrogens with zero attached hydrogens (tertiary/aromatic N) is 1. The number of aliphatic hydroxyl groups is 1. The molecule has 0 saturated heterocycles. The molecule has 0 bridgehead atoms. The van der Waals surface area contributed by atoms with Gasteiger partial charge in [-0.05, 0) is 19.3 Å². The van der Waals surface area contributed by atoms with Gasteiger partial charge in [0, 0.05) is 26.2 Å². The Hall–Kier alpha value is -0.120. The normalized spacial score (nSPS) is 18.9. The second-order valence-corrected chi connectivity index (χ2v) is 4.16. The van der Waals surface area contributed by atoms with Crippen LogP contribution in [0.3, 0.4) is 0 Å². The van der Waals surface area contributed by atoms with Crippen molar-refractivity contribution >= 4 is 0 Å². The fourth-order valence-electron chi connectivity index (χ4n) is 1.77. The Morgan fingerprint density at radius 1 is 1.50 bits per heavy atom. The van der Waals surface area contributed by atoms with E-state index in [1.165, 1.54) is 12.8 Å². The van der Waals surface area contributed by atoms with Crippen LogP contribution in [0, 0.1) is 0 Å². The van der Waals surface area contributed by atoms with Crippen LogP contribution in [0.2, 0.25) is 0 Å². The molecule has 0 heterocycles. The van der Waals surface area contributed by atoms with Gasteiger partial charge in [0.25, 0.3) is 0 Å².